The topological polar surface area (TPSA) is 34.9 Å². The minimum absolute atomic E-state index is 0.144. The minimum atomic E-state index is 0.144. The summed E-state index contributed by atoms with van der Waals surface area (Å²) in [5.74, 6) is 0.418. The van der Waals surface area contributed by atoms with E-state index in [0.717, 1.165) is 30.7 Å². The summed E-state index contributed by atoms with van der Waals surface area (Å²) in [4.78, 5) is 11.3. The second-order valence-electron chi connectivity index (χ2n) is 4.02. The summed E-state index contributed by atoms with van der Waals surface area (Å²) in [5, 5.41) is 4.38. The molecule has 0 aliphatic carbocycles. The van der Waals surface area contributed by atoms with Gasteiger partial charge in [-0.3, -0.25) is 9.48 Å². The van der Waals surface area contributed by atoms with Gasteiger partial charge < -0.3 is 0 Å². The summed E-state index contributed by atoms with van der Waals surface area (Å²) in [5.41, 5.74) is 2.26. The number of carbonyl (C=O) groups excluding carboxylic acids is 1. The Bertz CT molecular complexity index is 341. The van der Waals surface area contributed by atoms with E-state index in [4.69, 9.17) is 0 Å². The van der Waals surface area contributed by atoms with Gasteiger partial charge in [0.05, 0.1) is 5.69 Å². The fourth-order valence-corrected chi connectivity index (χ4v) is 1.76. The monoisotopic (exact) mass is 208 g/mol. The molecular weight excluding hydrogens is 188 g/mol. The van der Waals surface area contributed by atoms with Gasteiger partial charge in [-0.05, 0) is 32.3 Å². The van der Waals surface area contributed by atoms with E-state index < -0.39 is 0 Å². The molecule has 1 aromatic heterocycles. The highest BCUT2D eigenvalue weighted by Crippen LogP contribution is 2.14. The van der Waals surface area contributed by atoms with Crippen molar-refractivity contribution < 1.29 is 4.79 Å². The smallest absolute Gasteiger partial charge is 0.133 e. The Kier molecular flexibility index (Phi) is 4.06. The molecule has 1 aromatic rings. The van der Waals surface area contributed by atoms with Gasteiger partial charge in [0, 0.05) is 18.7 Å². The molecule has 84 valence electrons. The van der Waals surface area contributed by atoms with Crippen molar-refractivity contribution in [3.63, 3.8) is 0 Å². The number of carbonyl (C=O) groups is 1. The summed E-state index contributed by atoms with van der Waals surface area (Å²) < 4.78 is 1.89. The summed E-state index contributed by atoms with van der Waals surface area (Å²) in [6, 6.07) is 2.10. The molecule has 0 aliphatic rings. The second-order valence-corrected chi connectivity index (χ2v) is 4.02. The van der Waals surface area contributed by atoms with E-state index in [2.05, 4.69) is 25.0 Å². The molecule has 0 amide bonds. The fourth-order valence-electron chi connectivity index (χ4n) is 1.76. The van der Waals surface area contributed by atoms with Gasteiger partial charge >= 0.3 is 0 Å². The molecule has 1 unspecified atom stereocenters. The molecule has 0 bridgehead atoms. The molecule has 0 fully saturated rings. The highest BCUT2D eigenvalue weighted by molar-refractivity contribution is 5.78. The highest BCUT2D eigenvalue weighted by atomic mass is 16.1. The van der Waals surface area contributed by atoms with Crippen molar-refractivity contribution in [2.24, 2.45) is 13.0 Å². The first-order valence-corrected chi connectivity index (χ1v) is 5.60. The van der Waals surface area contributed by atoms with Crippen molar-refractivity contribution in [3.8, 4) is 0 Å². The second kappa shape index (κ2) is 5.10. The minimum Gasteiger partial charge on any atom is -0.300 e. The van der Waals surface area contributed by atoms with Crippen LogP contribution >= 0.6 is 0 Å². The molecule has 3 heteroatoms. The number of hydrogen-bond acceptors (Lipinski definition) is 2. The van der Waals surface area contributed by atoms with Gasteiger partial charge in [-0.25, -0.2) is 0 Å². The summed E-state index contributed by atoms with van der Waals surface area (Å²) in [6.45, 7) is 5.82. The molecule has 0 spiro atoms. The fraction of sp³-hybridized carbons (Fsp3) is 0.667. The maximum absolute atomic E-state index is 11.3. The van der Waals surface area contributed by atoms with Crippen LogP contribution in [-0.2, 0) is 24.7 Å². The van der Waals surface area contributed by atoms with Crippen molar-refractivity contribution in [3.05, 3.63) is 17.5 Å². The van der Waals surface area contributed by atoms with Crippen molar-refractivity contribution in [2.75, 3.05) is 0 Å². The Morgan fingerprint density at radius 3 is 2.60 bits per heavy atom. The van der Waals surface area contributed by atoms with E-state index in [0.29, 0.717) is 0 Å². The highest BCUT2D eigenvalue weighted by Gasteiger charge is 2.15. The lowest BCUT2D eigenvalue weighted by molar-refractivity contribution is -0.120. The molecule has 3 nitrogen and oxygen atoms in total. The number of hydrogen-bond donors (Lipinski definition) is 0. The van der Waals surface area contributed by atoms with Gasteiger partial charge in [0.15, 0.2) is 0 Å². The van der Waals surface area contributed by atoms with E-state index in [1.165, 1.54) is 0 Å². The number of aryl methyl sites for hydroxylation is 2. The Morgan fingerprint density at radius 1 is 1.53 bits per heavy atom. The third kappa shape index (κ3) is 2.91. The maximum Gasteiger partial charge on any atom is 0.133 e. The van der Waals surface area contributed by atoms with Crippen LogP contribution in [0.4, 0.5) is 0 Å². The molecule has 0 radical (unpaired) electrons. The van der Waals surface area contributed by atoms with Crippen LogP contribution in [0.1, 0.15) is 38.6 Å². The van der Waals surface area contributed by atoms with Crippen LogP contribution in [0.25, 0.3) is 0 Å². The van der Waals surface area contributed by atoms with Gasteiger partial charge in [0.1, 0.15) is 5.78 Å². The van der Waals surface area contributed by atoms with Crippen molar-refractivity contribution in [1.82, 2.24) is 9.78 Å². The van der Waals surface area contributed by atoms with Gasteiger partial charge in [-0.2, -0.15) is 5.10 Å². The van der Waals surface area contributed by atoms with E-state index in [1.54, 1.807) is 6.92 Å². The van der Waals surface area contributed by atoms with Crippen molar-refractivity contribution in [2.45, 2.75) is 40.0 Å². The van der Waals surface area contributed by atoms with Crippen molar-refractivity contribution in [1.29, 1.82) is 0 Å². The summed E-state index contributed by atoms with van der Waals surface area (Å²) in [7, 11) is 1.95. The largest absolute Gasteiger partial charge is 0.300 e. The third-order valence-corrected chi connectivity index (χ3v) is 2.91. The van der Waals surface area contributed by atoms with Gasteiger partial charge in [-0.15, -0.1) is 0 Å². The van der Waals surface area contributed by atoms with Gasteiger partial charge in [0.25, 0.3) is 0 Å². The molecule has 0 saturated carbocycles. The Hall–Kier alpha value is -1.12. The van der Waals surface area contributed by atoms with Gasteiger partial charge in [-0.1, -0.05) is 13.8 Å². The maximum atomic E-state index is 11.3. The standard InChI is InChI=1S/C12H20N2O/c1-5-10(9(3)15)7-12-8-11(6-2)13-14(12)4/h8,10H,5-7H2,1-4H3. The number of ketones is 1. The van der Waals surface area contributed by atoms with E-state index in [9.17, 15) is 4.79 Å². The van der Waals surface area contributed by atoms with Crippen LogP contribution in [0.3, 0.4) is 0 Å². The lowest BCUT2D eigenvalue weighted by Crippen LogP contribution is -2.14. The predicted molar refractivity (Wildman–Crippen MR) is 60.8 cm³/mol. The normalized spacial score (nSPS) is 12.8. The lowest BCUT2D eigenvalue weighted by atomic mass is 9.96. The molecule has 0 N–H and O–H groups in total. The molecule has 0 aliphatic heterocycles. The van der Waals surface area contributed by atoms with Crippen LogP contribution in [0.2, 0.25) is 0 Å². The number of nitrogens with zero attached hydrogens (tertiary/aromatic N) is 2. The number of rotatable bonds is 5. The average molecular weight is 208 g/mol. The van der Waals surface area contributed by atoms with E-state index in [-0.39, 0.29) is 11.7 Å². The average Bonchev–Trinajstić information content (AvgIpc) is 2.55. The van der Waals surface area contributed by atoms with Crippen LogP contribution < -0.4 is 0 Å². The van der Waals surface area contributed by atoms with Gasteiger partial charge in [0.2, 0.25) is 0 Å². The first-order valence-electron chi connectivity index (χ1n) is 5.60. The quantitative estimate of drug-likeness (QED) is 0.743. The lowest BCUT2D eigenvalue weighted by Gasteiger charge is -2.10. The first-order chi connectivity index (χ1) is 7.08. The van der Waals surface area contributed by atoms with Crippen LogP contribution in [-0.4, -0.2) is 15.6 Å². The SMILES string of the molecule is CCc1cc(CC(CC)C(C)=O)n(C)n1. The van der Waals surface area contributed by atoms with Crippen LogP contribution in [0.5, 0.6) is 0 Å². The predicted octanol–water partition coefficient (Wildman–Crippen LogP) is 2.14. The molecule has 0 aromatic carbocycles. The Labute approximate surface area is 91.5 Å². The molecule has 1 heterocycles. The molecule has 1 atom stereocenters. The Balaban J connectivity index is 2.78. The van der Waals surface area contributed by atoms with E-state index in [1.807, 2.05) is 11.7 Å². The zero-order valence-corrected chi connectivity index (χ0v) is 10.1. The zero-order chi connectivity index (χ0) is 11.4. The summed E-state index contributed by atoms with van der Waals surface area (Å²) in [6.07, 6.45) is 2.67. The summed E-state index contributed by atoms with van der Waals surface area (Å²) >= 11 is 0. The molecule has 1 rings (SSSR count). The first kappa shape index (κ1) is 12.0. The molecular formula is C12H20N2O. The van der Waals surface area contributed by atoms with Crippen molar-refractivity contribution >= 4 is 5.78 Å². The zero-order valence-electron chi connectivity index (χ0n) is 10.1. The number of Topliss-reactive ketones (excluding diaryl/α,β-unsaturated/α-hetero) is 1. The molecule has 0 saturated heterocycles. The van der Waals surface area contributed by atoms with Crippen LogP contribution in [0, 0.1) is 5.92 Å². The Morgan fingerprint density at radius 2 is 2.20 bits per heavy atom. The van der Waals surface area contributed by atoms with E-state index >= 15 is 0 Å². The van der Waals surface area contributed by atoms with Crippen LogP contribution in [0.15, 0.2) is 6.07 Å². The number of aromatic nitrogens is 2. The third-order valence-electron chi connectivity index (χ3n) is 2.91. The molecule has 15 heavy (non-hydrogen) atoms.